The minimum Gasteiger partial charge on any atom is -0.314 e. The molecule has 2 N–H and O–H groups in total. The minimum absolute atomic E-state index is 0.202. The minimum atomic E-state index is -3.06. The molecule has 94 valence electrons. The third-order valence-corrected chi connectivity index (χ3v) is 4.71. The first-order valence-electron chi connectivity index (χ1n) is 6.00. The summed E-state index contributed by atoms with van der Waals surface area (Å²) in [5, 5.41) is 3.25. The first kappa shape index (κ1) is 12.3. The van der Waals surface area contributed by atoms with Gasteiger partial charge in [-0.3, -0.25) is 4.90 Å². The lowest BCUT2D eigenvalue weighted by Crippen LogP contribution is -2.46. The lowest BCUT2D eigenvalue weighted by Gasteiger charge is -2.26. The van der Waals surface area contributed by atoms with Gasteiger partial charge < -0.3 is 5.32 Å². The molecule has 2 aliphatic rings. The standard InChI is InChI=1S/C10H21N3O2S/c1-9-8-10(9)12-16(14,15)7-6-13-4-2-11-3-5-13/h9-12H,2-8H2,1H3. The normalized spacial score (nSPS) is 31.6. The highest BCUT2D eigenvalue weighted by Gasteiger charge is 2.35. The number of nitrogens with zero attached hydrogens (tertiary/aromatic N) is 1. The summed E-state index contributed by atoms with van der Waals surface area (Å²) in [6.45, 7) is 6.56. The van der Waals surface area contributed by atoms with Crippen molar-refractivity contribution in [1.29, 1.82) is 0 Å². The number of nitrogens with one attached hydrogen (secondary N) is 2. The molecule has 1 saturated heterocycles. The third-order valence-electron chi connectivity index (χ3n) is 3.33. The SMILES string of the molecule is CC1CC1NS(=O)(=O)CCN1CCNCC1. The van der Waals surface area contributed by atoms with E-state index in [0.717, 1.165) is 32.6 Å². The van der Waals surface area contributed by atoms with Crippen LogP contribution in [0.15, 0.2) is 0 Å². The van der Waals surface area contributed by atoms with Gasteiger partial charge in [0, 0.05) is 38.8 Å². The molecule has 2 fully saturated rings. The van der Waals surface area contributed by atoms with Crippen molar-refractivity contribution >= 4 is 10.0 Å². The van der Waals surface area contributed by atoms with Gasteiger partial charge in [0.05, 0.1) is 5.75 Å². The van der Waals surface area contributed by atoms with Crippen molar-refractivity contribution in [2.75, 3.05) is 38.5 Å². The Balaban J connectivity index is 1.71. The highest BCUT2D eigenvalue weighted by atomic mass is 32.2. The second kappa shape index (κ2) is 5.00. The zero-order valence-electron chi connectivity index (χ0n) is 9.78. The molecule has 5 nitrogen and oxygen atoms in total. The van der Waals surface area contributed by atoms with Crippen LogP contribution >= 0.6 is 0 Å². The fraction of sp³-hybridized carbons (Fsp3) is 1.00. The van der Waals surface area contributed by atoms with E-state index in [1.54, 1.807) is 0 Å². The van der Waals surface area contributed by atoms with Crippen LogP contribution < -0.4 is 10.0 Å². The first-order valence-corrected chi connectivity index (χ1v) is 7.65. The number of rotatable bonds is 5. The lowest BCUT2D eigenvalue weighted by atomic mass is 10.4. The van der Waals surface area contributed by atoms with Gasteiger partial charge >= 0.3 is 0 Å². The highest BCUT2D eigenvalue weighted by molar-refractivity contribution is 7.89. The van der Waals surface area contributed by atoms with E-state index >= 15 is 0 Å². The molecule has 0 spiro atoms. The Kier molecular flexibility index (Phi) is 3.84. The van der Waals surface area contributed by atoms with E-state index in [-0.39, 0.29) is 11.8 Å². The molecule has 1 aliphatic carbocycles. The molecule has 0 radical (unpaired) electrons. The molecule has 0 amide bonds. The average Bonchev–Trinajstić information content (AvgIpc) is 2.92. The number of hydrogen-bond donors (Lipinski definition) is 2. The molecule has 0 aromatic heterocycles. The molecule has 1 aliphatic heterocycles. The molecule has 16 heavy (non-hydrogen) atoms. The third kappa shape index (κ3) is 3.69. The maximum atomic E-state index is 11.7. The predicted molar refractivity (Wildman–Crippen MR) is 63.8 cm³/mol. The summed E-state index contributed by atoms with van der Waals surface area (Å²) in [6, 6.07) is 0.202. The van der Waals surface area contributed by atoms with Crippen LogP contribution in [0.2, 0.25) is 0 Å². The zero-order valence-corrected chi connectivity index (χ0v) is 10.6. The highest BCUT2D eigenvalue weighted by Crippen LogP contribution is 2.29. The van der Waals surface area contributed by atoms with Gasteiger partial charge in [0.2, 0.25) is 10.0 Å². The van der Waals surface area contributed by atoms with Gasteiger partial charge in [0.1, 0.15) is 0 Å². The monoisotopic (exact) mass is 247 g/mol. The Labute approximate surface area is 97.6 Å². The Morgan fingerprint density at radius 3 is 2.56 bits per heavy atom. The van der Waals surface area contributed by atoms with Gasteiger partial charge in [-0.1, -0.05) is 6.92 Å². The van der Waals surface area contributed by atoms with Gasteiger partial charge in [0.25, 0.3) is 0 Å². The van der Waals surface area contributed by atoms with Crippen LogP contribution in [-0.4, -0.2) is 57.8 Å². The van der Waals surface area contributed by atoms with E-state index in [1.165, 1.54) is 0 Å². The van der Waals surface area contributed by atoms with Crippen LogP contribution in [0.4, 0.5) is 0 Å². The smallest absolute Gasteiger partial charge is 0.213 e. The summed E-state index contributed by atoms with van der Waals surface area (Å²) in [6.07, 6.45) is 0.993. The number of piperazine rings is 1. The van der Waals surface area contributed by atoms with E-state index in [4.69, 9.17) is 0 Å². The van der Waals surface area contributed by atoms with Crippen LogP contribution in [0.5, 0.6) is 0 Å². The lowest BCUT2D eigenvalue weighted by molar-refractivity contribution is 0.253. The van der Waals surface area contributed by atoms with Gasteiger partial charge in [-0.05, 0) is 12.3 Å². The molecule has 6 heteroatoms. The summed E-state index contributed by atoms with van der Waals surface area (Å²) in [5.74, 6) is 0.755. The van der Waals surface area contributed by atoms with E-state index in [2.05, 4.69) is 21.9 Å². The Morgan fingerprint density at radius 1 is 1.38 bits per heavy atom. The van der Waals surface area contributed by atoms with Gasteiger partial charge in [0.15, 0.2) is 0 Å². The molecule has 0 aromatic rings. The van der Waals surface area contributed by atoms with E-state index in [9.17, 15) is 8.42 Å². The fourth-order valence-electron chi connectivity index (χ4n) is 1.96. The molecule has 0 aromatic carbocycles. The molecular weight excluding hydrogens is 226 g/mol. The summed E-state index contributed by atoms with van der Waals surface area (Å²) < 4.78 is 26.2. The maximum absolute atomic E-state index is 11.7. The Morgan fingerprint density at radius 2 is 2.00 bits per heavy atom. The first-order chi connectivity index (χ1) is 7.57. The van der Waals surface area contributed by atoms with Crippen molar-refractivity contribution in [3.63, 3.8) is 0 Å². The largest absolute Gasteiger partial charge is 0.314 e. The topological polar surface area (TPSA) is 61.4 Å². The Hall–Kier alpha value is -0.170. The van der Waals surface area contributed by atoms with Gasteiger partial charge in [-0.25, -0.2) is 13.1 Å². The number of hydrogen-bond acceptors (Lipinski definition) is 4. The van der Waals surface area contributed by atoms with Crippen molar-refractivity contribution in [3.8, 4) is 0 Å². The summed E-state index contributed by atoms with van der Waals surface area (Å²) in [5.41, 5.74) is 0. The number of sulfonamides is 1. The second-order valence-corrected chi connectivity index (χ2v) is 6.72. The molecule has 0 bridgehead atoms. The molecular formula is C10H21N3O2S. The van der Waals surface area contributed by atoms with E-state index in [0.29, 0.717) is 12.5 Å². The van der Waals surface area contributed by atoms with Gasteiger partial charge in [-0.15, -0.1) is 0 Å². The van der Waals surface area contributed by atoms with Crippen molar-refractivity contribution < 1.29 is 8.42 Å². The Bertz CT molecular complexity index is 325. The predicted octanol–water partition coefficient (Wildman–Crippen LogP) is -0.781. The molecule has 2 rings (SSSR count). The zero-order chi connectivity index (χ0) is 11.6. The van der Waals surface area contributed by atoms with Crippen molar-refractivity contribution in [3.05, 3.63) is 0 Å². The van der Waals surface area contributed by atoms with E-state index < -0.39 is 10.0 Å². The van der Waals surface area contributed by atoms with Crippen LogP contribution in [0.3, 0.4) is 0 Å². The van der Waals surface area contributed by atoms with Gasteiger partial charge in [-0.2, -0.15) is 0 Å². The maximum Gasteiger partial charge on any atom is 0.213 e. The quantitative estimate of drug-likeness (QED) is 0.669. The second-order valence-electron chi connectivity index (χ2n) is 4.85. The molecule has 2 atom stereocenters. The van der Waals surface area contributed by atoms with Crippen molar-refractivity contribution in [2.45, 2.75) is 19.4 Å². The molecule has 1 saturated carbocycles. The van der Waals surface area contributed by atoms with Crippen LogP contribution in [0, 0.1) is 5.92 Å². The summed E-state index contributed by atoms with van der Waals surface area (Å²) in [4.78, 5) is 2.20. The van der Waals surface area contributed by atoms with Crippen LogP contribution in [0.25, 0.3) is 0 Å². The average molecular weight is 247 g/mol. The van der Waals surface area contributed by atoms with Crippen molar-refractivity contribution in [1.82, 2.24) is 14.9 Å². The van der Waals surface area contributed by atoms with E-state index in [1.807, 2.05) is 0 Å². The fourth-order valence-corrected chi connectivity index (χ4v) is 3.37. The van der Waals surface area contributed by atoms with Crippen LogP contribution in [-0.2, 0) is 10.0 Å². The summed E-state index contributed by atoms with van der Waals surface area (Å²) >= 11 is 0. The molecule has 2 unspecified atom stereocenters. The van der Waals surface area contributed by atoms with Crippen LogP contribution in [0.1, 0.15) is 13.3 Å². The van der Waals surface area contributed by atoms with Crippen molar-refractivity contribution in [2.24, 2.45) is 5.92 Å². The molecule has 1 heterocycles. The summed E-state index contributed by atoms with van der Waals surface area (Å²) in [7, 11) is -3.06.